The van der Waals surface area contributed by atoms with Crippen molar-refractivity contribution < 1.29 is 0 Å². The number of aromatic nitrogens is 1. The van der Waals surface area contributed by atoms with Crippen molar-refractivity contribution in [2.75, 3.05) is 24.3 Å². The highest BCUT2D eigenvalue weighted by atomic mass is 32.1. The van der Waals surface area contributed by atoms with Crippen LogP contribution < -0.4 is 10.2 Å². The third-order valence-corrected chi connectivity index (χ3v) is 1.58. The van der Waals surface area contributed by atoms with Gasteiger partial charge in [0, 0.05) is 20.3 Å². The largest absolute Gasteiger partial charge is 0.375 e. The topological polar surface area (TPSA) is 28.2 Å². The molecule has 0 aromatic carbocycles. The number of thiocarbonyl (C=S) groups is 1. The van der Waals surface area contributed by atoms with Gasteiger partial charge in [0.1, 0.15) is 0 Å². The summed E-state index contributed by atoms with van der Waals surface area (Å²) in [4.78, 5) is 6.12. The van der Waals surface area contributed by atoms with Crippen molar-refractivity contribution in [2.24, 2.45) is 0 Å². The molecule has 0 amide bonds. The summed E-state index contributed by atoms with van der Waals surface area (Å²) < 4.78 is 0. The van der Waals surface area contributed by atoms with E-state index in [2.05, 4.69) is 22.5 Å². The number of nitrogens with zero attached hydrogens (tertiary/aromatic N) is 2. The fourth-order valence-corrected chi connectivity index (χ4v) is 1.04. The molecule has 64 valence electrons. The van der Waals surface area contributed by atoms with Crippen molar-refractivity contribution in [1.29, 1.82) is 0 Å². The number of hydrogen-bond acceptors (Lipinski definition) is 3. The zero-order chi connectivity index (χ0) is 8.97. The van der Waals surface area contributed by atoms with Gasteiger partial charge in [0.2, 0.25) is 0 Å². The molecule has 1 heterocycles. The summed E-state index contributed by atoms with van der Waals surface area (Å²) in [7, 11) is 3.93. The Balaban J connectivity index is 2.99. The van der Waals surface area contributed by atoms with Gasteiger partial charge in [0.15, 0.2) is 5.82 Å². The predicted molar refractivity (Wildman–Crippen MR) is 55.8 cm³/mol. The minimum absolute atomic E-state index is 0.789. The van der Waals surface area contributed by atoms with E-state index in [4.69, 9.17) is 0 Å². The van der Waals surface area contributed by atoms with Crippen LogP contribution >= 0.6 is 12.2 Å². The summed E-state index contributed by atoms with van der Waals surface area (Å²) in [5.74, 6) is 0.789. The number of nitrogens with one attached hydrogen (secondary N) is 1. The van der Waals surface area contributed by atoms with E-state index in [0.717, 1.165) is 11.5 Å². The van der Waals surface area contributed by atoms with Crippen molar-refractivity contribution >= 4 is 29.2 Å². The lowest BCUT2D eigenvalue weighted by molar-refractivity contribution is 1.11. The molecule has 1 rings (SSSR count). The van der Waals surface area contributed by atoms with Crippen LogP contribution in [-0.4, -0.2) is 24.6 Å². The molecule has 0 saturated carbocycles. The smallest absolute Gasteiger partial charge is 0.154 e. The lowest BCUT2D eigenvalue weighted by Gasteiger charge is -2.15. The minimum Gasteiger partial charge on any atom is -0.375 e. The van der Waals surface area contributed by atoms with Gasteiger partial charge in [0.05, 0.1) is 11.2 Å². The first-order chi connectivity index (χ1) is 5.75. The Kier molecular flexibility index (Phi) is 2.99. The molecule has 12 heavy (non-hydrogen) atoms. The lowest BCUT2D eigenvalue weighted by atomic mass is 10.3. The summed E-state index contributed by atoms with van der Waals surface area (Å²) in [5.41, 5.74) is 2.48. The summed E-state index contributed by atoms with van der Waals surface area (Å²) in [6.45, 7) is 0. The van der Waals surface area contributed by atoms with E-state index in [1.807, 2.05) is 31.1 Å². The Bertz CT molecular complexity index is 273. The molecule has 0 aliphatic carbocycles. The molecule has 0 saturated heterocycles. The average molecular weight is 181 g/mol. The summed E-state index contributed by atoms with van der Waals surface area (Å²) in [5, 5.41) is 2.89. The Labute approximate surface area is 77.4 Å². The lowest BCUT2D eigenvalue weighted by Crippen LogP contribution is -2.12. The van der Waals surface area contributed by atoms with Crippen LogP contribution in [0.5, 0.6) is 0 Å². The normalized spacial score (nSPS) is 9.17. The molecule has 0 unspecified atom stereocenters. The van der Waals surface area contributed by atoms with Gasteiger partial charge in [-0.1, -0.05) is 12.2 Å². The van der Waals surface area contributed by atoms with Gasteiger partial charge in [-0.25, -0.2) is 4.98 Å². The molecule has 0 aliphatic rings. The maximum Gasteiger partial charge on any atom is 0.154 e. The van der Waals surface area contributed by atoms with E-state index < -0.39 is 0 Å². The van der Waals surface area contributed by atoms with Gasteiger partial charge in [-0.15, -0.1) is 0 Å². The fourth-order valence-electron chi connectivity index (χ4n) is 0.925. The van der Waals surface area contributed by atoms with E-state index in [1.165, 1.54) is 5.49 Å². The van der Waals surface area contributed by atoms with Crippen LogP contribution in [0.2, 0.25) is 0 Å². The van der Waals surface area contributed by atoms with Crippen LogP contribution in [0.25, 0.3) is 0 Å². The van der Waals surface area contributed by atoms with Gasteiger partial charge in [-0.2, -0.15) is 0 Å². The Morgan fingerprint density at radius 3 is 2.92 bits per heavy atom. The molecule has 0 radical (unpaired) electrons. The monoisotopic (exact) mass is 181 g/mol. The molecular weight excluding hydrogens is 170 g/mol. The Morgan fingerprint density at radius 1 is 1.58 bits per heavy atom. The highest BCUT2D eigenvalue weighted by molar-refractivity contribution is 7.79. The second-order valence-corrected chi connectivity index (χ2v) is 2.76. The number of rotatable bonds is 3. The van der Waals surface area contributed by atoms with E-state index >= 15 is 0 Å². The Morgan fingerprint density at radius 2 is 2.33 bits per heavy atom. The molecule has 1 aromatic rings. The predicted octanol–water partition coefficient (Wildman–Crippen LogP) is 1.52. The Hall–Kier alpha value is -1.16. The van der Waals surface area contributed by atoms with Crippen LogP contribution in [0.3, 0.4) is 0 Å². The highest BCUT2D eigenvalue weighted by Crippen LogP contribution is 2.19. The maximum atomic E-state index is 4.69. The average Bonchev–Trinajstić information content (AvgIpc) is 2.05. The van der Waals surface area contributed by atoms with Crippen LogP contribution in [0.15, 0.2) is 18.3 Å². The minimum atomic E-state index is 0.789. The van der Waals surface area contributed by atoms with Crippen molar-refractivity contribution in [3.05, 3.63) is 18.3 Å². The molecule has 0 atom stereocenters. The van der Waals surface area contributed by atoms with E-state index in [0.29, 0.717) is 0 Å². The standard InChI is InChI=1S/C8H11N3S/c1-11(2)7-4-3-5-9-8(7)10-6-12/h3-6H,1-2H3,(H,9,10,12). The third-order valence-electron chi connectivity index (χ3n) is 1.46. The highest BCUT2D eigenvalue weighted by Gasteiger charge is 2.01. The zero-order valence-corrected chi connectivity index (χ0v) is 7.93. The first-order valence-electron chi connectivity index (χ1n) is 3.58. The van der Waals surface area contributed by atoms with Crippen LogP contribution in [0, 0.1) is 0 Å². The first-order valence-corrected chi connectivity index (χ1v) is 4.05. The van der Waals surface area contributed by atoms with Crippen LogP contribution in [0.4, 0.5) is 11.5 Å². The van der Waals surface area contributed by atoms with Gasteiger partial charge < -0.3 is 10.2 Å². The molecule has 1 N–H and O–H groups in total. The number of hydrogen-bond donors (Lipinski definition) is 1. The first kappa shape index (κ1) is 8.93. The van der Waals surface area contributed by atoms with Crippen molar-refractivity contribution in [2.45, 2.75) is 0 Å². The number of anilines is 2. The quantitative estimate of drug-likeness (QED) is 0.716. The van der Waals surface area contributed by atoms with E-state index in [-0.39, 0.29) is 0 Å². The SMILES string of the molecule is CN(C)c1cccnc1NC=S. The molecule has 0 spiro atoms. The van der Waals surface area contributed by atoms with Gasteiger partial charge in [-0.3, -0.25) is 0 Å². The van der Waals surface area contributed by atoms with Crippen molar-refractivity contribution in [3.63, 3.8) is 0 Å². The van der Waals surface area contributed by atoms with Gasteiger partial charge in [0.25, 0.3) is 0 Å². The van der Waals surface area contributed by atoms with E-state index in [9.17, 15) is 0 Å². The molecule has 0 aliphatic heterocycles. The molecule has 3 nitrogen and oxygen atoms in total. The van der Waals surface area contributed by atoms with Gasteiger partial charge >= 0.3 is 0 Å². The van der Waals surface area contributed by atoms with E-state index in [1.54, 1.807) is 6.20 Å². The summed E-state index contributed by atoms with van der Waals surface area (Å²) in [6, 6.07) is 3.87. The molecule has 1 aromatic heterocycles. The molecular formula is C8H11N3S. The van der Waals surface area contributed by atoms with Crippen LogP contribution in [-0.2, 0) is 0 Å². The van der Waals surface area contributed by atoms with Crippen molar-refractivity contribution in [3.8, 4) is 0 Å². The van der Waals surface area contributed by atoms with Crippen LogP contribution in [0.1, 0.15) is 0 Å². The fraction of sp³-hybridized carbons (Fsp3) is 0.250. The molecule has 0 fully saturated rings. The second-order valence-electron chi connectivity index (χ2n) is 2.53. The van der Waals surface area contributed by atoms with Crippen molar-refractivity contribution in [1.82, 2.24) is 4.98 Å². The maximum absolute atomic E-state index is 4.69. The second kappa shape index (κ2) is 4.01. The molecule has 4 heteroatoms. The number of pyridine rings is 1. The third kappa shape index (κ3) is 1.92. The van der Waals surface area contributed by atoms with Gasteiger partial charge in [-0.05, 0) is 12.1 Å². The summed E-state index contributed by atoms with van der Waals surface area (Å²) >= 11 is 4.69. The molecule has 0 bridgehead atoms. The summed E-state index contributed by atoms with van der Waals surface area (Å²) in [6.07, 6.45) is 1.73. The zero-order valence-electron chi connectivity index (χ0n) is 7.11.